The second kappa shape index (κ2) is 6.23. The van der Waals surface area contributed by atoms with Gasteiger partial charge in [-0.3, -0.25) is 0 Å². The second-order valence-corrected chi connectivity index (χ2v) is 5.14. The molecule has 0 unspecified atom stereocenters. The van der Waals surface area contributed by atoms with Gasteiger partial charge in [0, 0.05) is 48.3 Å². The summed E-state index contributed by atoms with van der Waals surface area (Å²) in [5, 5.41) is 5.40. The van der Waals surface area contributed by atoms with Crippen LogP contribution in [0, 0.1) is 0 Å². The van der Waals surface area contributed by atoms with Crippen LogP contribution in [0.15, 0.2) is 30.5 Å². The third-order valence-corrected chi connectivity index (χ3v) is 3.36. The molecule has 0 saturated carbocycles. The summed E-state index contributed by atoms with van der Waals surface area (Å²) in [5.41, 5.74) is 1.21. The zero-order chi connectivity index (χ0) is 13.0. The number of nitrogens with zero attached hydrogens (tertiary/aromatic N) is 2. The summed E-state index contributed by atoms with van der Waals surface area (Å²) in [4.78, 5) is 2.18. The Morgan fingerprint density at radius 2 is 2.06 bits per heavy atom. The topological polar surface area (TPSA) is 20.2 Å². The Kier molecular flexibility index (Phi) is 4.64. The van der Waals surface area contributed by atoms with Gasteiger partial charge < -0.3 is 14.8 Å². The van der Waals surface area contributed by atoms with E-state index in [-0.39, 0.29) is 0 Å². The van der Waals surface area contributed by atoms with Crippen molar-refractivity contribution < 1.29 is 0 Å². The summed E-state index contributed by atoms with van der Waals surface area (Å²) in [7, 11) is 4.17. The predicted octanol–water partition coefficient (Wildman–Crippen LogP) is 2.45. The van der Waals surface area contributed by atoms with Gasteiger partial charge in [0.15, 0.2) is 0 Å². The Morgan fingerprint density at radius 1 is 1.22 bits per heavy atom. The first-order valence-corrected chi connectivity index (χ1v) is 6.65. The zero-order valence-corrected chi connectivity index (χ0v) is 11.7. The van der Waals surface area contributed by atoms with Gasteiger partial charge >= 0.3 is 0 Å². The maximum Gasteiger partial charge on any atom is 0.0499 e. The molecular formula is C14H20ClN3. The van der Waals surface area contributed by atoms with Gasteiger partial charge in [-0.15, -0.1) is 0 Å². The molecule has 0 atom stereocenters. The number of aromatic nitrogens is 1. The summed E-state index contributed by atoms with van der Waals surface area (Å²) >= 11 is 6.15. The minimum absolute atomic E-state index is 0.826. The van der Waals surface area contributed by atoms with Crippen LogP contribution in [0.25, 0.3) is 10.9 Å². The van der Waals surface area contributed by atoms with Crippen LogP contribution in [0.2, 0.25) is 5.02 Å². The van der Waals surface area contributed by atoms with Crippen molar-refractivity contribution in [3.05, 3.63) is 35.5 Å². The summed E-state index contributed by atoms with van der Waals surface area (Å²) < 4.78 is 2.24. The Bertz CT molecular complexity index is 505. The first-order chi connectivity index (χ1) is 8.68. The van der Waals surface area contributed by atoms with Gasteiger partial charge in [0.2, 0.25) is 0 Å². The molecule has 4 heteroatoms. The van der Waals surface area contributed by atoms with Gasteiger partial charge in [-0.05, 0) is 32.3 Å². The SMILES string of the molecule is CN(C)CCNCCn1ccc2c(Cl)cccc21. The molecule has 1 aromatic heterocycles. The average Bonchev–Trinajstić information content (AvgIpc) is 2.73. The molecule has 0 radical (unpaired) electrons. The minimum atomic E-state index is 0.826. The average molecular weight is 266 g/mol. The van der Waals surface area contributed by atoms with Gasteiger partial charge in [0.25, 0.3) is 0 Å². The lowest BCUT2D eigenvalue weighted by molar-refractivity contribution is 0.398. The van der Waals surface area contributed by atoms with E-state index in [1.807, 2.05) is 12.1 Å². The molecule has 1 aromatic carbocycles. The van der Waals surface area contributed by atoms with E-state index < -0.39 is 0 Å². The van der Waals surface area contributed by atoms with Gasteiger partial charge in [-0.25, -0.2) is 0 Å². The van der Waals surface area contributed by atoms with E-state index in [4.69, 9.17) is 11.6 Å². The highest BCUT2D eigenvalue weighted by Gasteiger charge is 2.03. The van der Waals surface area contributed by atoms with Crippen LogP contribution in [0.4, 0.5) is 0 Å². The van der Waals surface area contributed by atoms with E-state index in [2.05, 4.69) is 47.2 Å². The highest BCUT2D eigenvalue weighted by Crippen LogP contribution is 2.23. The first kappa shape index (κ1) is 13.4. The number of likely N-dealkylation sites (N-methyl/N-ethyl adjacent to an activating group) is 1. The molecule has 0 aliphatic heterocycles. The van der Waals surface area contributed by atoms with Crippen molar-refractivity contribution in [2.75, 3.05) is 33.7 Å². The van der Waals surface area contributed by atoms with Crippen LogP contribution < -0.4 is 5.32 Å². The van der Waals surface area contributed by atoms with Gasteiger partial charge in [0.05, 0.1) is 0 Å². The molecule has 0 bridgehead atoms. The fourth-order valence-corrected chi connectivity index (χ4v) is 2.24. The standard InChI is InChI=1S/C14H20ClN3/c1-17(2)10-7-16-8-11-18-9-6-12-13(15)4-3-5-14(12)18/h3-6,9,16H,7-8,10-11H2,1-2H3. The lowest BCUT2D eigenvalue weighted by atomic mass is 10.2. The van der Waals surface area contributed by atoms with Crippen molar-refractivity contribution >= 4 is 22.5 Å². The van der Waals surface area contributed by atoms with E-state index >= 15 is 0 Å². The van der Waals surface area contributed by atoms with Crippen molar-refractivity contribution in [3.8, 4) is 0 Å². The van der Waals surface area contributed by atoms with Crippen LogP contribution in [0.5, 0.6) is 0 Å². The van der Waals surface area contributed by atoms with Crippen molar-refractivity contribution in [2.45, 2.75) is 6.54 Å². The number of hydrogen-bond donors (Lipinski definition) is 1. The van der Waals surface area contributed by atoms with Gasteiger partial charge in [0.1, 0.15) is 0 Å². The molecule has 0 spiro atoms. The summed E-state index contributed by atoms with van der Waals surface area (Å²) in [6.07, 6.45) is 2.10. The lowest BCUT2D eigenvalue weighted by Gasteiger charge is -2.11. The molecule has 0 fully saturated rings. The smallest absolute Gasteiger partial charge is 0.0499 e. The maximum atomic E-state index is 6.15. The number of benzene rings is 1. The lowest BCUT2D eigenvalue weighted by Crippen LogP contribution is -2.28. The van der Waals surface area contributed by atoms with E-state index in [0.717, 1.165) is 36.6 Å². The quantitative estimate of drug-likeness (QED) is 0.810. The first-order valence-electron chi connectivity index (χ1n) is 6.27. The number of nitrogens with one attached hydrogen (secondary N) is 1. The molecule has 2 rings (SSSR count). The molecule has 0 aliphatic carbocycles. The highest BCUT2D eigenvalue weighted by molar-refractivity contribution is 6.35. The zero-order valence-electron chi connectivity index (χ0n) is 11.0. The second-order valence-electron chi connectivity index (χ2n) is 4.74. The van der Waals surface area contributed by atoms with Crippen LogP contribution in [0.1, 0.15) is 0 Å². The van der Waals surface area contributed by atoms with E-state index in [9.17, 15) is 0 Å². The van der Waals surface area contributed by atoms with Crippen LogP contribution in [-0.4, -0.2) is 43.2 Å². The van der Waals surface area contributed by atoms with Crippen molar-refractivity contribution in [3.63, 3.8) is 0 Å². The number of hydrogen-bond acceptors (Lipinski definition) is 2. The Morgan fingerprint density at radius 3 is 2.83 bits per heavy atom. The summed E-state index contributed by atoms with van der Waals surface area (Å²) in [6, 6.07) is 8.13. The van der Waals surface area contributed by atoms with E-state index in [1.165, 1.54) is 5.52 Å². The minimum Gasteiger partial charge on any atom is -0.346 e. The Hall–Kier alpha value is -1.03. The molecule has 18 heavy (non-hydrogen) atoms. The Labute approximate surface area is 113 Å². The Balaban J connectivity index is 1.90. The van der Waals surface area contributed by atoms with Gasteiger partial charge in [-0.1, -0.05) is 17.7 Å². The summed E-state index contributed by atoms with van der Waals surface area (Å²) in [5.74, 6) is 0. The predicted molar refractivity (Wildman–Crippen MR) is 78.4 cm³/mol. The number of fused-ring (bicyclic) bond motifs is 1. The number of rotatable bonds is 6. The van der Waals surface area contributed by atoms with E-state index in [0.29, 0.717) is 0 Å². The van der Waals surface area contributed by atoms with Crippen LogP contribution in [0.3, 0.4) is 0 Å². The molecule has 0 amide bonds. The molecule has 0 saturated heterocycles. The highest BCUT2D eigenvalue weighted by atomic mass is 35.5. The van der Waals surface area contributed by atoms with Crippen molar-refractivity contribution in [1.82, 2.24) is 14.8 Å². The van der Waals surface area contributed by atoms with Crippen LogP contribution in [-0.2, 0) is 6.54 Å². The van der Waals surface area contributed by atoms with Crippen LogP contribution >= 0.6 is 11.6 Å². The maximum absolute atomic E-state index is 6.15. The number of halogens is 1. The fourth-order valence-electron chi connectivity index (χ4n) is 2.01. The third-order valence-electron chi connectivity index (χ3n) is 3.03. The largest absolute Gasteiger partial charge is 0.346 e. The normalized spacial score (nSPS) is 11.6. The molecule has 98 valence electrons. The molecule has 1 heterocycles. The summed E-state index contributed by atoms with van der Waals surface area (Å²) in [6.45, 7) is 4.03. The monoisotopic (exact) mass is 265 g/mol. The fraction of sp³-hybridized carbons (Fsp3) is 0.429. The third kappa shape index (κ3) is 3.25. The molecule has 3 nitrogen and oxygen atoms in total. The van der Waals surface area contributed by atoms with Gasteiger partial charge in [-0.2, -0.15) is 0 Å². The molecule has 1 N–H and O–H groups in total. The van der Waals surface area contributed by atoms with Crippen molar-refractivity contribution in [2.24, 2.45) is 0 Å². The molecular weight excluding hydrogens is 246 g/mol. The molecule has 0 aliphatic rings. The molecule has 2 aromatic rings. The van der Waals surface area contributed by atoms with Crippen molar-refractivity contribution in [1.29, 1.82) is 0 Å². The van der Waals surface area contributed by atoms with E-state index in [1.54, 1.807) is 0 Å².